The van der Waals surface area contributed by atoms with E-state index in [4.69, 9.17) is 9.47 Å². The average Bonchev–Trinajstić information content (AvgIpc) is 2.64. The third-order valence-electron chi connectivity index (χ3n) is 4.46. The Kier molecular flexibility index (Phi) is 7.07. The molecule has 0 heterocycles. The van der Waals surface area contributed by atoms with Gasteiger partial charge in [-0.3, -0.25) is 4.79 Å². The van der Waals surface area contributed by atoms with Gasteiger partial charge in [-0.15, -0.1) is 0 Å². The van der Waals surface area contributed by atoms with E-state index < -0.39 is 0 Å². The van der Waals surface area contributed by atoms with Gasteiger partial charge < -0.3 is 14.8 Å². The summed E-state index contributed by atoms with van der Waals surface area (Å²) in [6, 6.07) is 13.8. The number of methoxy groups -OCH3 is 1. The first-order valence-electron chi connectivity index (χ1n) is 9.11. The van der Waals surface area contributed by atoms with E-state index in [1.165, 1.54) is 0 Å². The van der Waals surface area contributed by atoms with Crippen molar-refractivity contribution in [2.45, 2.75) is 46.1 Å². The first-order valence-corrected chi connectivity index (χ1v) is 9.11. The lowest BCUT2D eigenvalue weighted by atomic mass is 10.0. The van der Waals surface area contributed by atoms with Gasteiger partial charge in [-0.05, 0) is 48.1 Å². The van der Waals surface area contributed by atoms with Gasteiger partial charge in [0.15, 0.2) is 6.61 Å². The molecule has 0 aliphatic carbocycles. The monoisotopic (exact) mass is 355 g/mol. The maximum atomic E-state index is 12.4. The van der Waals surface area contributed by atoms with Gasteiger partial charge in [0.2, 0.25) is 0 Å². The number of para-hydroxylation sites is 1. The van der Waals surface area contributed by atoms with Crippen LogP contribution in [0.1, 0.15) is 55.8 Å². The van der Waals surface area contributed by atoms with E-state index in [1.54, 1.807) is 7.11 Å². The van der Waals surface area contributed by atoms with Crippen LogP contribution in [-0.2, 0) is 4.79 Å². The minimum absolute atomic E-state index is 0.00930. The molecule has 0 saturated heterocycles. The first kappa shape index (κ1) is 19.8. The molecule has 0 radical (unpaired) electrons. The van der Waals surface area contributed by atoms with Gasteiger partial charge in [0.1, 0.15) is 11.5 Å². The Morgan fingerprint density at radius 3 is 2.46 bits per heavy atom. The number of hydrogen-bond donors (Lipinski definition) is 1. The Morgan fingerprint density at radius 2 is 1.85 bits per heavy atom. The van der Waals surface area contributed by atoms with Crippen molar-refractivity contribution >= 4 is 5.91 Å². The van der Waals surface area contributed by atoms with Crippen molar-refractivity contribution in [1.29, 1.82) is 0 Å². The number of aryl methyl sites for hydroxylation is 1. The number of carbonyl (C=O) groups excluding carboxylic acids is 1. The molecule has 0 aliphatic heterocycles. The molecule has 0 aliphatic rings. The van der Waals surface area contributed by atoms with Gasteiger partial charge >= 0.3 is 0 Å². The minimum atomic E-state index is -0.121. The number of benzene rings is 2. The molecule has 1 amide bonds. The van der Waals surface area contributed by atoms with Gasteiger partial charge in [-0.2, -0.15) is 0 Å². The van der Waals surface area contributed by atoms with Gasteiger partial charge in [-0.1, -0.05) is 51.1 Å². The lowest BCUT2D eigenvalue weighted by molar-refractivity contribution is -0.123. The molecule has 1 unspecified atom stereocenters. The van der Waals surface area contributed by atoms with Crippen LogP contribution < -0.4 is 14.8 Å². The topological polar surface area (TPSA) is 47.6 Å². The molecule has 140 valence electrons. The molecular formula is C22H29NO3. The number of hydrogen-bond acceptors (Lipinski definition) is 3. The normalized spacial score (nSPS) is 11.9. The second-order valence-electron chi connectivity index (χ2n) is 6.74. The molecule has 26 heavy (non-hydrogen) atoms. The van der Waals surface area contributed by atoms with Gasteiger partial charge in [-0.25, -0.2) is 0 Å². The Hall–Kier alpha value is -2.49. The standard InChI is InChI=1S/C22H29NO3/c1-6-19(17-11-12-20(25-5)16(4)13-17)23-22(24)14-26-21-10-8-7-9-18(21)15(2)3/h7-13,15,19H,6,14H2,1-5H3,(H,23,24). The van der Waals surface area contributed by atoms with Crippen molar-refractivity contribution in [1.82, 2.24) is 5.32 Å². The van der Waals surface area contributed by atoms with Crippen LogP contribution >= 0.6 is 0 Å². The minimum Gasteiger partial charge on any atom is -0.496 e. The third kappa shape index (κ3) is 5.01. The largest absolute Gasteiger partial charge is 0.496 e. The molecule has 0 fully saturated rings. The number of ether oxygens (including phenoxy) is 2. The van der Waals surface area contributed by atoms with Crippen LogP contribution in [0.2, 0.25) is 0 Å². The van der Waals surface area contributed by atoms with E-state index >= 15 is 0 Å². The van der Waals surface area contributed by atoms with E-state index in [-0.39, 0.29) is 18.6 Å². The highest BCUT2D eigenvalue weighted by atomic mass is 16.5. The molecule has 0 aromatic heterocycles. The fourth-order valence-corrected chi connectivity index (χ4v) is 3.01. The summed E-state index contributed by atoms with van der Waals surface area (Å²) < 4.78 is 11.1. The number of rotatable bonds is 8. The van der Waals surface area contributed by atoms with Crippen molar-refractivity contribution < 1.29 is 14.3 Å². The summed E-state index contributed by atoms with van der Waals surface area (Å²) >= 11 is 0. The van der Waals surface area contributed by atoms with E-state index in [9.17, 15) is 4.79 Å². The Balaban J connectivity index is 2.01. The summed E-state index contributed by atoms with van der Waals surface area (Å²) in [5.41, 5.74) is 3.24. The van der Waals surface area contributed by atoms with Crippen LogP contribution in [0.4, 0.5) is 0 Å². The van der Waals surface area contributed by atoms with Crippen molar-refractivity contribution in [2.75, 3.05) is 13.7 Å². The van der Waals surface area contributed by atoms with E-state index in [0.717, 1.165) is 34.6 Å². The molecule has 4 heteroatoms. The Bertz CT molecular complexity index is 740. The zero-order valence-corrected chi connectivity index (χ0v) is 16.3. The van der Waals surface area contributed by atoms with Crippen molar-refractivity contribution in [3.63, 3.8) is 0 Å². The molecule has 1 atom stereocenters. The van der Waals surface area contributed by atoms with Gasteiger partial charge in [0, 0.05) is 0 Å². The smallest absolute Gasteiger partial charge is 0.258 e. The summed E-state index contributed by atoms with van der Waals surface area (Å²) in [7, 11) is 1.66. The fourth-order valence-electron chi connectivity index (χ4n) is 3.01. The van der Waals surface area contributed by atoms with Gasteiger partial charge in [0.25, 0.3) is 5.91 Å². The molecule has 0 bridgehead atoms. The molecule has 2 aromatic carbocycles. The molecule has 0 spiro atoms. The average molecular weight is 355 g/mol. The third-order valence-corrected chi connectivity index (χ3v) is 4.46. The molecule has 2 aromatic rings. The van der Waals surface area contributed by atoms with Crippen molar-refractivity contribution in [3.8, 4) is 11.5 Å². The van der Waals surface area contributed by atoms with Crippen LogP contribution in [0.25, 0.3) is 0 Å². The predicted octanol–water partition coefficient (Wildman–Crippen LogP) is 4.77. The van der Waals surface area contributed by atoms with Crippen LogP contribution in [0.3, 0.4) is 0 Å². The lowest BCUT2D eigenvalue weighted by Crippen LogP contribution is -2.32. The predicted molar refractivity (Wildman–Crippen MR) is 105 cm³/mol. The van der Waals surface area contributed by atoms with E-state index in [1.807, 2.05) is 43.3 Å². The van der Waals surface area contributed by atoms with Crippen LogP contribution in [-0.4, -0.2) is 19.6 Å². The highest BCUT2D eigenvalue weighted by molar-refractivity contribution is 5.78. The summed E-state index contributed by atoms with van der Waals surface area (Å²) in [5, 5.41) is 3.06. The number of amides is 1. The maximum Gasteiger partial charge on any atom is 0.258 e. The zero-order chi connectivity index (χ0) is 19.1. The number of nitrogens with one attached hydrogen (secondary N) is 1. The Labute approximate surface area is 156 Å². The summed E-state index contributed by atoms with van der Waals surface area (Å²) in [5.74, 6) is 1.85. The van der Waals surface area contributed by atoms with Gasteiger partial charge in [0.05, 0.1) is 13.2 Å². The van der Waals surface area contributed by atoms with Crippen molar-refractivity contribution in [3.05, 3.63) is 59.2 Å². The molecule has 4 nitrogen and oxygen atoms in total. The second-order valence-corrected chi connectivity index (χ2v) is 6.74. The van der Waals surface area contributed by atoms with Crippen molar-refractivity contribution in [2.24, 2.45) is 0 Å². The lowest BCUT2D eigenvalue weighted by Gasteiger charge is -2.19. The van der Waals surface area contributed by atoms with E-state index in [0.29, 0.717) is 5.92 Å². The highest BCUT2D eigenvalue weighted by Crippen LogP contribution is 2.26. The molecule has 0 saturated carbocycles. The maximum absolute atomic E-state index is 12.4. The molecular weight excluding hydrogens is 326 g/mol. The SMILES string of the molecule is CCC(NC(=O)COc1ccccc1C(C)C)c1ccc(OC)c(C)c1. The summed E-state index contributed by atoms with van der Waals surface area (Å²) in [4.78, 5) is 12.4. The molecule has 2 rings (SSSR count). The summed E-state index contributed by atoms with van der Waals surface area (Å²) in [6.45, 7) is 8.29. The van der Waals surface area contributed by atoms with E-state index in [2.05, 4.69) is 32.2 Å². The highest BCUT2D eigenvalue weighted by Gasteiger charge is 2.15. The zero-order valence-electron chi connectivity index (χ0n) is 16.3. The Morgan fingerprint density at radius 1 is 1.12 bits per heavy atom. The van der Waals surface area contributed by atoms with Crippen LogP contribution in [0, 0.1) is 6.92 Å². The quantitative estimate of drug-likeness (QED) is 0.742. The van der Waals surface area contributed by atoms with Crippen LogP contribution in [0.5, 0.6) is 11.5 Å². The first-order chi connectivity index (χ1) is 12.5. The number of carbonyl (C=O) groups is 1. The van der Waals surface area contributed by atoms with Crippen LogP contribution in [0.15, 0.2) is 42.5 Å². The molecule has 1 N–H and O–H groups in total. The summed E-state index contributed by atoms with van der Waals surface area (Å²) in [6.07, 6.45) is 0.806. The fraction of sp³-hybridized carbons (Fsp3) is 0.409. The second kappa shape index (κ2) is 9.27.